The molecule has 0 saturated carbocycles. The van der Waals surface area contributed by atoms with E-state index in [2.05, 4.69) is 41.5 Å². The highest BCUT2D eigenvalue weighted by Gasteiger charge is 2.48. The zero-order valence-corrected chi connectivity index (χ0v) is 19.5. The lowest BCUT2D eigenvalue weighted by Gasteiger charge is -2.35. The summed E-state index contributed by atoms with van der Waals surface area (Å²) in [5, 5.41) is 22.5. The Balaban J connectivity index is 1.54. The molecule has 0 bridgehead atoms. The zero-order chi connectivity index (χ0) is 23.3. The average Bonchev–Trinajstić information content (AvgIpc) is 3.29. The lowest BCUT2D eigenvalue weighted by atomic mass is 10.1. The number of imide groups is 1. The van der Waals surface area contributed by atoms with Gasteiger partial charge in [-0.1, -0.05) is 39.7 Å². The van der Waals surface area contributed by atoms with E-state index in [9.17, 15) is 14.7 Å². The molecule has 2 aliphatic rings. The van der Waals surface area contributed by atoms with Crippen LogP contribution in [-0.2, 0) is 11.3 Å². The van der Waals surface area contributed by atoms with Crippen molar-refractivity contribution in [3.05, 3.63) is 57.5 Å². The molecule has 0 aliphatic carbocycles. The molecule has 1 aromatic heterocycles. The van der Waals surface area contributed by atoms with Gasteiger partial charge >= 0.3 is 6.03 Å². The van der Waals surface area contributed by atoms with Crippen LogP contribution in [0.3, 0.4) is 0 Å². The molecule has 2 aromatic carbocycles. The first-order valence-electron chi connectivity index (χ1n) is 9.90. The maximum absolute atomic E-state index is 12.7. The van der Waals surface area contributed by atoms with Gasteiger partial charge < -0.3 is 19.9 Å². The number of azo groups is 1. The van der Waals surface area contributed by atoms with Crippen molar-refractivity contribution in [2.24, 2.45) is 15.2 Å². The Hall–Kier alpha value is -3.44. The number of benzene rings is 2. The number of fused-ring (bicyclic) bond motifs is 2. The summed E-state index contributed by atoms with van der Waals surface area (Å²) in [6, 6.07) is 11.3. The van der Waals surface area contributed by atoms with Crippen LogP contribution < -0.4 is 5.32 Å². The maximum atomic E-state index is 12.7. The van der Waals surface area contributed by atoms with Crippen molar-refractivity contribution in [1.82, 2.24) is 20.1 Å². The minimum Gasteiger partial charge on any atom is -0.493 e. The number of urea groups is 1. The molecule has 3 heterocycles. The molecule has 0 radical (unpaired) electrons. The first-order valence-corrected chi connectivity index (χ1v) is 11.1. The Morgan fingerprint density at radius 3 is 2.70 bits per heavy atom. The van der Waals surface area contributed by atoms with E-state index >= 15 is 0 Å². The first kappa shape index (κ1) is 21.4. The molecule has 168 valence electrons. The number of aromatic nitrogens is 1. The van der Waals surface area contributed by atoms with Crippen LogP contribution >= 0.6 is 27.5 Å². The monoisotopic (exact) mass is 529 g/mol. The van der Waals surface area contributed by atoms with E-state index in [0.717, 1.165) is 10.0 Å². The van der Waals surface area contributed by atoms with Gasteiger partial charge in [0.2, 0.25) is 11.8 Å². The van der Waals surface area contributed by atoms with Crippen LogP contribution in [0.2, 0.25) is 5.02 Å². The van der Waals surface area contributed by atoms with E-state index in [1.807, 2.05) is 24.3 Å². The van der Waals surface area contributed by atoms with E-state index < -0.39 is 24.1 Å². The number of aliphatic imine (C=N–C) groups is 1. The Bertz CT molecular complexity index is 1340. The van der Waals surface area contributed by atoms with Crippen LogP contribution in [-0.4, -0.2) is 57.0 Å². The van der Waals surface area contributed by atoms with Crippen LogP contribution in [0.1, 0.15) is 5.56 Å². The highest BCUT2D eigenvalue weighted by molar-refractivity contribution is 9.10. The highest BCUT2D eigenvalue weighted by atomic mass is 79.9. The number of likely N-dealkylation sites (N-methyl/N-ethyl adjacent to an activating group) is 1. The molecule has 5 rings (SSSR count). The summed E-state index contributed by atoms with van der Waals surface area (Å²) in [5.74, 6) is -0.442. The molecule has 10 nitrogen and oxygen atoms in total. The third kappa shape index (κ3) is 3.83. The predicted molar refractivity (Wildman–Crippen MR) is 125 cm³/mol. The molecule has 3 aromatic rings. The van der Waals surface area contributed by atoms with E-state index in [1.54, 1.807) is 30.1 Å². The van der Waals surface area contributed by atoms with Gasteiger partial charge in [0.25, 0.3) is 5.91 Å². The number of nitrogens with zero attached hydrogens (tertiary/aromatic N) is 5. The fourth-order valence-electron chi connectivity index (χ4n) is 3.88. The molecular weight excluding hydrogens is 514 g/mol. The third-order valence-electron chi connectivity index (χ3n) is 5.56. The van der Waals surface area contributed by atoms with Gasteiger partial charge in [0.05, 0.1) is 5.52 Å². The number of aromatic amines is 1. The number of amides is 3. The zero-order valence-electron chi connectivity index (χ0n) is 17.2. The minimum absolute atomic E-state index is 0.142. The molecular formula is C21H17BrClN7O3. The van der Waals surface area contributed by atoms with Crippen molar-refractivity contribution >= 4 is 62.0 Å². The molecule has 12 heteroatoms. The number of hydrogen-bond donors (Lipinski definition) is 3. The van der Waals surface area contributed by atoms with Crippen molar-refractivity contribution in [2.75, 3.05) is 7.05 Å². The summed E-state index contributed by atoms with van der Waals surface area (Å²) >= 11 is 9.41. The van der Waals surface area contributed by atoms with E-state index in [0.29, 0.717) is 15.9 Å². The third-order valence-corrected chi connectivity index (χ3v) is 6.30. The largest absolute Gasteiger partial charge is 0.493 e. The number of guanidine groups is 1. The number of H-pyrrole nitrogens is 1. The molecule has 1 saturated heterocycles. The first-order chi connectivity index (χ1) is 15.8. The fraction of sp³-hybridized carbons (Fsp3) is 0.190. The number of hydrogen-bond acceptors (Lipinski definition) is 7. The second-order valence-corrected chi connectivity index (χ2v) is 9.01. The van der Waals surface area contributed by atoms with Gasteiger partial charge in [-0.2, -0.15) is 0 Å². The Kier molecular flexibility index (Phi) is 5.29. The van der Waals surface area contributed by atoms with Crippen LogP contribution in [0.25, 0.3) is 10.9 Å². The number of carbonyl (C=O) groups excluding carboxylic acids is 2. The van der Waals surface area contributed by atoms with Gasteiger partial charge in [-0.3, -0.25) is 10.1 Å². The van der Waals surface area contributed by atoms with Crippen LogP contribution in [0, 0.1) is 0 Å². The van der Waals surface area contributed by atoms with Crippen molar-refractivity contribution in [2.45, 2.75) is 18.8 Å². The standard InChI is InChI=1S/C21H17BrClN7O3/c1-29-17-16(19(32)26-21(29)33)30(9-10-2-5-12(23)6-3-10)20(25-17)28-27-15-13-8-11(22)4-7-14(13)24-18(15)31/h2-8,16-17,24,31H,9H2,1H3,(H,26,32,33). The summed E-state index contributed by atoms with van der Waals surface area (Å²) in [5.41, 5.74) is 1.80. The van der Waals surface area contributed by atoms with Crippen molar-refractivity contribution in [3.8, 4) is 5.88 Å². The van der Waals surface area contributed by atoms with Gasteiger partial charge in [0.1, 0.15) is 0 Å². The highest BCUT2D eigenvalue weighted by Crippen LogP contribution is 2.37. The molecule has 0 spiro atoms. The number of carbonyl (C=O) groups is 2. The van der Waals surface area contributed by atoms with Gasteiger partial charge in [0, 0.05) is 28.5 Å². The van der Waals surface area contributed by atoms with Crippen LogP contribution in [0.5, 0.6) is 5.88 Å². The predicted octanol–water partition coefficient (Wildman–Crippen LogP) is 4.12. The van der Waals surface area contributed by atoms with E-state index in [-0.39, 0.29) is 24.1 Å². The topological polar surface area (TPSA) is 126 Å². The fourth-order valence-corrected chi connectivity index (χ4v) is 4.37. The van der Waals surface area contributed by atoms with Crippen LogP contribution in [0.4, 0.5) is 10.5 Å². The summed E-state index contributed by atoms with van der Waals surface area (Å²) in [7, 11) is 1.56. The van der Waals surface area contributed by atoms with Crippen molar-refractivity contribution in [1.29, 1.82) is 0 Å². The SMILES string of the molecule is CN1C(=O)NC(=O)C2C1N=C(N=Nc1c(O)[nH]c3ccc(Br)cc13)N2Cc1ccc(Cl)cc1. The Morgan fingerprint density at radius 1 is 1.18 bits per heavy atom. The summed E-state index contributed by atoms with van der Waals surface area (Å²) in [4.78, 5) is 35.2. The molecule has 2 aliphatic heterocycles. The van der Waals surface area contributed by atoms with Crippen molar-refractivity contribution in [3.63, 3.8) is 0 Å². The molecule has 33 heavy (non-hydrogen) atoms. The van der Waals surface area contributed by atoms with Gasteiger partial charge in [-0.25, -0.2) is 9.79 Å². The normalized spacial score (nSPS) is 20.5. The lowest BCUT2D eigenvalue weighted by Crippen LogP contribution is -2.63. The number of rotatable bonds is 3. The second-order valence-electron chi connectivity index (χ2n) is 7.66. The molecule has 3 N–H and O–H groups in total. The van der Waals surface area contributed by atoms with Crippen LogP contribution in [0.15, 0.2) is 62.2 Å². The maximum Gasteiger partial charge on any atom is 0.325 e. The van der Waals surface area contributed by atoms with E-state index in [4.69, 9.17) is 11.6 Å². The smallest absolute Gasteiger partial charge is 0.325 e. The van der Waals surface area contributed by atoms with Gasteiger partial charge in [-0.05, 0) is 35.9 Å². The van der Waals surface area contributed by atoms with E-state index in [1.165, 1.54) is 4.90 Å². The van der Waals surface area contributed by atoms with Gasteiger partial charge in [-0.15, -0.1) is 10.2 Å². The second kappa shape index (κ2) is 8.16. The Labute approximate surface area is 201 Å². The number of nitrogens with one attached hydrogen (secondary N) is 2. The molecule has 2 atom stereocenters. The number of aromatic hydroxyl groups is 1. The molecule has 3 amide bonds. The quantitative estimate of drug-likeness (QED) is 0.440. The van der Waals surface area contributed by atoms with Gasteiger partial charge in [0.15, 0.2) is 17.9 Å². The summed E-state index contributed by atoms with van der Waals surface area (Å²) in [6.07, 6.45) is -0.752. The minimum atomic E-state index is -0.775. The Morgan fingerprint density at radius 2 is 1.94 bits per heavy atom. The molecule has 2 unspecified atom stereocenters. The molecule has 1 fully saturated rings. The number of halogens is 2. The summed E-state index contributed by atoms with van der Waals surface area (Å²) in [6.45, 7) is 0.289. The average molecular weight is 531 g/mol. The summed E-state index contributed by atoms with van der Waals surface area (Å²) < 4.78 is 0.816. The van der Waals surface area contributed by atoms with Crippen molar-refractivity contribution < 1.29 is 14.7 Å². The lowest BCUT2D eigenvalue weighted by molar-refractivity contribution is -0.127.